The molecule has 0 aromatic carbocycles. The standard InChI is InChI=1S/C15H20N2O3S/c1-17(2)9-16-12-11(8-21-14(12)15(19)20-3)13(18)10-6-4-5-7-10/h8-10H,4-7H2,1-3H3. The number of ether oxygens (including phenoxy) is 1. The van der Waals surface area contributed by atoms with Crippen LogP contribution in [0.3, 0.4) is 0 Å². The Labute approximate surface area is 128 Å². The number of aliphatic imine (C=N–C) groups is 1. The molecule has 0 radical (unpaired) electrons. The fourth-order valence-electron chi connectivity index (χ4n) is 2.47. The predicted molar refractivity (Wildman–Crippen MR) is 83.8 cm³/mol. The molecule has 1 aliphatic rings. The van der Waals surface area contributed by atoms with E-state index in [9.17, 15) is 9.59 Å². The Hall–Kier alpha value is -1.69. The minimum Gasteiger partial charge on any atom is -0.465 e. The number of hydrogen-bond donors (Lipinski definition) is 0. The number of Topliss-reactive ketones (excluding diaryl/α,β-unsaturated/α-hetero) is 1. The monoisotopic (exact) mass is 308 g/mol. The van der Waals surface area contributed by atoms with Crippen molar-refractivity contribution in [2.45, 2.75) is 25.7 Å². The summed E-state index contributed by atoms with van der Waals surface area (Å²) in [6.07, 6.45) is 5.65. The van der Waals surface area contributed by atoms with Crippen LogP contribution >= 0.6 is 11.3 Å². The lowest BCUT2D eigenvalue weighted by molar-refractivity contribution is 0.0607. The predicted octanol–water partition coefficient (Wildman–Crippen LogP) is 3.13. The molecule has 0 bridgehead atoms. The largest absolute Gasteiger partial charge is 0.465 e. The molecule has 0 N–H and O–H groups in total. The summed E-state index contributed by atoms with van der Waals surface area (Å²) in [5, 5.41) is 1.73. The zero-order chi connectivity index (χ0) is 15.4. The van der Waals surface area contributed by atoms with Gasteiger partial charge in [-0.25, -0.2) is 9.79 Å². The van der Waals surface area contributed by atoms with Crippen LogP contribution in [0.15, 0.2) is 10.4 Å². The number of nitrogens with zero attached hydrogens (tertiary/aromatic N) is 2. The van der Waals surface area contributed by atoms with E-state index in [1.807, 2.05) is 14.1 Å². The van der Waals surface area contributed by atoms with E-state index in [0.29, 0.717) is 16.1 Å². The van der Waals surface area contributed by atoms with Crippen LogP contribution < -0.4 is 0 Å². The normalized spacial score (nSPS) is 15.6. The molecule has 0 unspecified atom stereocenters. The van der Waals surface area contributed by atoms with Gasteiger partial charge < -0.3 is 9.64 Å². The SMILES string of the molecule is COC(=O)c1scc(C(=O)C2CCCC2)c1N=CN(C)C. The third kappa shape index (κ3) is 3.50. The number of carbonyl (C=O) groups is 2. The van der Waals surface area contributed by atoms with Gasteiger partial charge in [0.05, 0.1) is 19.0 Å². The maximum absolute atomic E-state index is 12.6. The highest BCUT2D eigenvalue weighted by atomic mass is 32.1. The first-order chi connectivity index (χ1) is 10.0. The second-order valence-corrected chi connectivity index (χ2v) is 6.25. The Bertz CT molecular complexity index is 557. The molecule has 1 fully saturated rings. The lowest BCUT2D eigenvalue weighted by Crippen LogP contribution is -2.12. The molecule has 5 nitrogen and oxygen atoms in total. The summed E-state index contributed by atoms with van der Waals surface area (Å²) >= 11 is 1.22. The molecule has 2 rings (SSSR count). The number of esters is 1. The summed E-state index contributed by atoms with van der Waals surface area (Å²) in [7, 11) is 5.01. The lowest BCUT2D eigenvalue weighted by Gasteiger charge is -2.08. The van der Waals surface area contributed by atoms with Crippen LogP contribution in [0.5, 0.6) is 0 Å². The molecular formula is C15H20N2O3S. The summed E-state index contributed by atoms with van der Waals surface area (Å²) in [5.41, 5.74) is 0.989. The van der Waals surface area contributed by atoms with Gasteiger partial charge in [-0.2, -0.15) is 0 Å². The number of methoxy groups -OCH3 is 1. The van der Waals surface area contributed by atoms with E-state index in [1.54, 1.807) is 16.6 Å². The van der Waals surface area contributed by atoms with Crippen molar-refractivity contribution in [3.63, 3.8) is 0 Å². The first kappa shape index (κ1) is 15.7. The van der Waals surface area contributed by atoms with Gasteiger partial charge in [-0.1, -0.05) is 12.8 Å². The fourth-order valence-corrected chi connectivity index (χ4v) is 3.39. The number of ketones is 1. The van der Waals surface area contributed by atoms with Crippen LogP contribution in [-0.4, -0.2) is 44.2 Å². The molecular weight excluding hydrogens is 288 g/mol. The molecule has 0 saturated heterocycles. The zero-order valence-corrected chi connectivity index (χ0v) is 13.4. The van der Waals surface area contributed by atoms with Gasteiger partial charge in [0.15, 0.2) is 5.78 Å². The number of rotatable bonds is 5. The number of hydrogen-bond acceptors (Lipinski definition) is 5. The lowest BCUT2D eigenvalue weighted by atomic mass is 9.97. The fraction of sp³-hybridized carbons (Fsp3) is 0.533. The Morgan fingerprint density at radius 1 is 1.38 bits per heavy atom. The van der Waals surface area contributed by atoms with E-state index in [0.717, 1.165) is 25.7 Å². The van der Waals surface area contributed by atoms with Gasteiger partial charge in [0.25, 0.3) is 0 Å². The summed E-state index contributed by atoms with van der Waals surface area (Å²) < 4.78 is 4.77. The van der Waals surface area contributed by atoms with Crippen molar-refractivity contribution >= 4 is 35.1 Å². The van der Waals surface area contributed by atoms with Crippen LogP contribution in [0.25, 0.3) is 0 Å². The highest BCUT2D eigenvalue weighted by Crippen LogP contribution is 2.36. The summed E-state index contributed by atoms with van der Waals surface area (Å²) in [4.78, 5) is 30.9. The van der Waals surface area contributed by atoms with Crippen LogP contribution in [0.1, 0.15) is 45.7 Å². The molecule has 0 spiro atoms. The maximum atomic E-state index is 12.6. The Kier molecular flexibility index (Phi) is 5.12. The summed E-state index contributed by atoms with van der Waals surface area (Å²) in [5.74, 6) is -0.278. The molecule has 1 aromatic rings. The van der Waals surface area contributed by atoms with Crippen molar-refractivity contribution in [2.24, 2.45) is 10.9 Å². The molecule has 0 atom stereocenters. The second kappa shape index (κ2) is 6.85. The second-order valence-electron chi connectivity index (χ2n) is 5.37. The average molecular weight is 308 g/mol. The minimum absolute atomic E-state index is 0.0680. The quantitative estimate of drug-likeness (QED) is 0.363. The topological polar surface area (TPSA) is 59.0 Å². The molecule has 114 valence electrons. The summed E-state index contributed by atoms with van der Waals surface area (Å²) in [6.45, 7) is 0. The number of carbonyl (C=O) groups excluding carboxylic acids is 2. The molecule has 1 aliphatic carbocycles. The van der Waals surface area contributed by atoms with Crippen LogP contribution in [-0.2, 0) is 4.74 Å². The van der Waals surface area contributed by atoms with E-state index < -0.39 is 5.97 Å². The first-order valence-electron chi connectivity index (χ1n) is 6.99. The van der Waals surface area contributed by atoms with Crippen molar-refractivity contribution in [1.82, 2.24) is 4.90 Å². The average Bonchev–Trinajstić information content (AvgIpc) is 3.12. The van der Waals surface area contributed by atoms with Gasteiger partial charge in [-0.3, -0.25) is 4.79 Å². The molecule has 1 saturated carbocycles. The van der Waals surface area contributed by atoms with Gasteiger partial charge >= 0.3 is 5.97 Å². The Balaban J connectivity index is 2.37. The third-order valence-electron chi connectivity index (χ3n) is 3.54. The van der Waals surface area contributed by atoms with E-state index in [1.165, 1.54) is 18.4 Å². The molecule has 6 heteroatoms. The van der Waals surface area contributed by atoms with Crippen molar-refractivity contribution in [2.75, 3.05) is 21.2 Å². The van der Waals surface area contributed by atoms with E-state index in [4.69, 9.17) is 4.74 Å². The Morgan fingerprint density at radius 2 is 2.05 bits per heavy atom. The number of thiophene rings is 1. The van der Waals surface area contributed by atoms with Gasteiger partial charge in [0.1, 0.15) is 10.6 Å². The van der Waals surface area contributed by atoms with E-state index >= 15 is 0 Å². The summed E-state index contributed by atoms with van der Waals surface area (Å²) in [6, 6.07) is 0. The molecule has 0 amide bonds. The van der Waals surface area contributed by atoms with Gasteiger partial charge in [0, 0.05) is 25.4 Å². The molecule has 0 aliphatic heterocycles. The zero-order valence-electron chi connectivity index (χ0n) is 12.6. The third-order valence-corrected chi connectivity index (χ3v) is 4.49. The van der Waals surface area contributed by atoms with E-state index in [-0.39, 0.29) is 11.7 Å². The highest BCUT2D eigenvalue weighted by Gasteiger charge is 2.29. The van der Waals surface area contributed by atoms with Gasteiger partial charge in [-0.15, -0.1) is 11.3 Å². The van der Waals surface area contributed by atoms with Crippen LogP contribution in [0.4, 0.5) is 5.69 Å². The molecule has 21 heavy (non-hydrogen) atoms. The smallest absolute Gasteiger partial charge is 0.350 e. The van der Waals surface area contributed by atoms with Crippen molar-refractivity contribution in [1.29, 1.82) is 0 Å². The Morgan fingerprint density at radius 3 is 2.62 bits per heavy atom. The van der Waals surface area contributed by atoms with Crippen molar-refractivity contribution < 1.29 is 14.3 Å². The maximum Gasteiger partial charge on any atom is 0.350 e. The van der Waals surface area contributed by atoms with Gasteiger partial charge in [-0.05, 0) is 12.8 Å². The first-order valence-corrected chi connectivity index (χ1v) is 7.87. The van der Waals surface area contributed by atoms with Crippen LogP contribution in [0.2, 0.25) is 0 Å². The molecule has 1 aromatic heterocycles. The van der Waals surface area contributed by atoms with Crippen molar-refractivity contribution in [3.05, 3.63) is 15.8 Å². The van der Waals surface area contributed by atoms with Crippen molar-refractivity contribution in [3.8, 4) is 0 Å². The van der Waals surface area contributed by atoms with E-state index in [2.05, 4.69) is 4.99 Å². The minimum atomic E-state index is -0.448. The molecule has 1 heterocycles. The highest BCUT2D eigenvalue weighted by molar-refractivity contribution is 7.13. The van der Waals surface area contributed by atoms with Crippen LogP contribution in [0, 0.1) is 5.92 Å². The van der Waals surface area contributed by atoms with Gasteiger partial charge in [0.2, 0.25) is 0 Å².